The van der Waals surface area contributed by atoms with Crippen LogP contribution in [0.1, 0.15) is 11.1 Å². The average molecular weight is 288 g/mol. The highest BCUT2D eigenvalue weighted by Gasteiger charge is 2.30. The molecule has 0 radical (unpaired) electrons. The zero-order chi connectivity index (χ0) is 10.8. The zero-order valence-electron chi connectivity index (χ0n) is 7.04. The summed E-state index contributed by atoms with van der Waals surface area (Å²) in [6.45, 7) is 0. The monoisotopic (exact) mass is 286 g/mol. The fourth-order valence-electron chi connectivity index (χ4n) is 1.03. The van der Waals surface area contributed by atoms with Gasteiger partial charge in [-0.3, -0.25) is 0 Å². The van der Waals surface area contributed by atoms with E-state index in [1.807, 2.05) is 0 Å². The van der Waals surface area contributed by atoms with Gasteiger partial charge in [0.05, 0.1) is 5.56 Å². The number of aryl methyl sites for hydroxylation is 1. The first-order chi connectivity index (χ1) is 6.45. The van der Waals surface area contributed by atoms with Crippen molar-refractivity contribution in [2.75, 3.05) is 5.33 Å². The molecule has 1 rings (SSSR count). The maximum atomic E-state index is 12.2. The molecule has 1 aromatic carbocycles. The van der Waals surface area contributed by atoms with Crippen LogP contribution in [0, 0.1) is 0 Å². The van der Waals surface area contributed by atoms with Crippen molar-refractivity contribution < 1.29 is 13.2 Å². The topological polar surface area (TPSA) is 0 Å². The van der Waals surface area contributed by atoms with Crippen LogP contribution in [0.5, 0.6) is 0 Å². The maximum absolute atomic E-state index is 12.2. The Hall–Kier alpha value is -0.220. The summed E-state index contributed by atoms with van der Waals surface area (Å²) in [5.41, 5.74) is 0.0114. The lowest BCUT2D eigenvalue weighted by molar-refractivity contribution is -0.137. The number of benzene rings is 1. The van der Waals surface area contributed by atoms with Crippen LogP contribution in [0.25, 0.3) is 0 Å². The second kappa shape index (κ2) is 4.53. The molecule has 0 aliphatic rings. The van der Waals surface area contributed by atoms with E-state index in [1.165, 1.54) is 6.07 Å². The Bertz CT molecular complexity index is 322. The number of hydrogen-bond acceptors (Lipinski definition) is 0. The summed E-state index contributed by atoms with van der Waals surface area (Å²) in [7, 11) is 0. The van der Waals surface area contributed by atoms with Crippen LogP contribution in [0.4, 0.5) is 13.2 Å². The van der Waals surface area contributed by atoms with Crippen LogP contribution < -0.4 is 0 Å². The van der Waals surface area contributed by atoms with E-state index in [0.29, 0.717) is 11.8 Å². The summed E-state index contributed by atoms with van der Waals surface area (Å²) < 4.78 is 36.7. The van der Waals surface area contributed by atoms with Crippen molar-refractivity contribution in [3.8, 4) is 0 Å². The SMILES string of the molecule is FC(F)(F)c1ccc(CCBr)c(Cl)c1. The summed E-state index contributed by atoms with van der Waals surface area (Å²) in [6, 6.07) is 3.41. The van der Waals surface area contributed by atoms with E-state index in [9.17, 15) is 13.2 Å². The maximum Gasteiger partial charge on any atom is 0.416 e. The minimum absolute atomic E-state index is 0.166. The smallest absolute Gasteiger partial charge is 0.166 e. The molecule has 14 heavy (non-hydrogen) atoms. The van der Waals surface area contributed by atoms with Crippen molar-refractivity contribution in [3.05, 3.63) is 34.3 Å². The van der Waals surface area contributed by atoms with Gasteiger partial charge in [-0.1, -0.05) is 33.6 Å². The Balaban J connectivity index is 3.01. The molecule has 0 N–H and O–H groups in total. The second-order valence-corrected chi connectivity index (χ2v) is 3.94. The van der Waals surface area contributed by atoms with Gasteiger partial charge in [-0.05, 0) is 24.1 Å². The van der Waals surface area contributed by atoms with Crippen LogP contribution in [-0.2, 0) is 12.6 Å². The molecule has 0 aliphatic carbocycles. The van der Waals surface area contributed by atoms with Crippen LogP contribution >= 0.6 is 27.5 Å². The third-order valence-electron chi connectivity index (χ3n) is 1.74. The van der Waals surface area contributed by atoms with Gasteiger partial charge >= 0.3 is 6.18 Å². The van der Waals surface area contributed by atoms with Gasteiger partial charge in [-0.15, -0.1) is 0 Å². The van der Waals surface area contributed by atoms with Gasteiger partial charge in [-0.25, -0.2) is 0 Å². The van der Waals surface area contributed by atoms with E-state index in [1.54, 1.807) is 0 Å². The summed E-state index contributed by atoms with van der Waals surface area (Å²) in [5, 5.41) is 0.845. The van der Waals surface area contributed by atoms with Gasteiger partial charge in [0.1, 0.15) is 0 Å². The quantitative estimate of drug-likeness (QED) is 0.712. The van der Waals surface area contributed by atoms with E-state index in [0.717, 1.165) is 17.7 Å². The average Bonchev–Trinajstić information content (AvgIpc) is 2.07. The van der Waals surface area contributed by atoms with Gasteiger partial charge in [0.2, 0.25) is 0 Å². The molecule has 0 heterocycles. The second-order valence-electron chi connectivity index (χ2n) is 2.74. The molecule has 0 unspecified atom stereocenters. The predicted octanol–water partition coefficient (Wildman–Crippen LogP) is 4.30. The Labute approximate surface area is 93.2 Å². The molecular weight excluding hydrogens is 280 g/mol. The van der Waals surface area contributed by atoms with Gasteiger partial charge < -0.3 is 0 Å². The lowest BCUT2D eigenvalue weighted by Crippen LogP contribution is -2.05. The molecule has 0 saturated heterocycles. The van der Waals surface area contributed by atoms with Crippen molar-refractivity contribution in [3.63, 3.8) is 0 Å². The van der Waals surface area contributed by atoms with E-state index in [2.05, 4.69) is 15.9 Å². The van der Waals surface area contributed by atoms with Crippen LogP contribution in [0.2, 0.25) is 5.02 Å². The highest BCUT2D eigenvalue weighted by Crippen LogP contribution is 2.32. The minimum atomic E-state index is -4.32. The Morgan fingerprint density at radius 1 is 1.29 bits per heavy atom. The molecule has 0 aliphatic heterocycles. The van der Waals surface area contributed by atoms with Crippen molar-refractivity contribution in [1.29, 1.82) is 0 Å². The molecule has 5 heteroatoms. The molecule has 0 fully saturated rings. The zero-order valence-corrected chi connectivity index (χ0v) is 9.38. The van der Waals surface area contributed by atoms with E-state index in [-0.39, 0.29) is 5.02 Å². The third-order valence-corrected chi connectivity index (χ3v) is 2.49. The number of halogens is 5. The first-order valence-electron chi connectivity index (χ1n) is 3.86. The van der Waals surface area contributed by atoms with Gasteiger partial charge in [0.25, 0.3) is 0 Å². The molecule has 0 spiro atoms. The fourth-order valence-corrected chi connectivity index (χ4v) is 1.73. The van der Waals surface area contributed by atoms with Crippen LogP contribution in [0.15, 0.2) is 18.2 Å². The molecule has 0 atom stereocenters. The fraction of sp³-hybridized carbons (Fsp3) is 0.333. The Kier molecular flexibility index (Phi) is 3.84. The van der Waals surface area contributed by atoms with E-state index in [4.69, 9.17) is 11.6 Å². The van der Waals surface area contributed by atoms with E-state index < -0.39 is 11.7 Å². The van der Waals surface area contributed by atoms with Gasteiger partial charge in [0, 0.05) is 10.4 Å². The van der Waals surface area contributed by atoms with E-state index >= 15 is 0 Å². The highest BCUT2D eigenvalue weighted by molar-refractivity contribution is 9.09. The van der Waals surface area contributed by atoms with Crippen molar-refractivity contribution in [2.24, 2.45) is 0 Å². The Morgan fingerprint density at radius 2 is 1.93 bits per heavy atom. The van der Waals surface area contributed by atoms with Crippen LogP contribution in [-0.4, -0.2) is 5.33 Å². The molecule has 78 valence electrons. The predicted molar refractivity (Wildman–Crippen MR) is 54.0 cm³/mol. The lowest BCUT2D eigenvalue weighted by Gasteiger charge is -2.08. The summed E-state index contributed by atoms with van der Waals surface area (Å²) in [6.07, 6.45) is -3.70. The number of rotatable bonds is 2. The van der Waals surface area contributed by atoms with Gasteiger partial charge in [-0.2, -0.15) is 13.2 Å². The minimum Gasteiger partial charge on any atom is -0.166 e. The van der Waals surface area contributed by atoms with Gasteiger partial charge in [0.15, 0.2) is 0 Å². The van der Waals surface area contributed by atoms with Crippen molar-refractivity contribution in [2.45, 2.75) is 12.6 Å². The molecule has 0 amide bonds. The number of hydrogen-bond donors (Lipinski definition) is 0. The third kappa shape index (κ3) is 2.89. The molecule has 1 aromatic rings. The normalized spacial score (nSPS) is 11.8. The van der Waals surface area contributed by atoms with Crippen molar-refractivity contribution >= 4 is 27.5 Å². The summed E-state index contributed by atoms with van der Waals surface area (Å²) in [4.78, 5) is 0. The standard InChI is InChI=1S/C9H7BrClF3/c10-4-3-6-1-2-7(5-8(6)11)9(12,13)14/h1-2,5H,3-4H2. The molecule has 0 aromatic heterocycles. The molecule has 0 nitrogen and oxygen atoms in total. The molecular formula is C9H7BrClF3. The Morgan fingerprint density at radius 3 is 2.36 bits per heavy atom. The molecule has 0 bridgehead atoms. The summed E-state index contributed by atoms with van der Waals surface area (Å²) >= 11 is 8.89. The van der Waals surface area contributed by atoms with Crippen molar-refractivity contribution in [1.82, 2.24) is 0 Å². The first-order valence-corrected chi connectivity index (χ1v) is 5.36. The lowest BCUT2D eigenvalue weighted by atomic mass is 10.1. The molecule has 0 saturated carbocycles. The largest absolute Gasteiger partial charge is 0.416 e. The number of alkyl halides is 4. The first kappa shape index (κ1) is 11.9. The highest BCUT2D eigenvalue weighted by atomic mass is 79.9. The summed E-state index contributed by atoms with van der Waals surface area (Å²) in [5.74, 6) is 0. The van der Waals surface area contributed by atoms with Crippen LogP contribution in [0.3, 0.4) is 0 Å².